The summed E-state index contributed by atoms with van der Waals surface area (Å²) in [6.07, 6.45) is -1.37. The van der Waals surface area contributed by atoms with Gasteiger partial charge in [0.2, 0.25) is 0 Å². The maximum Gasteiger partial charge on any atom is 0.330 e. The number of rotatable bonds is 6. The lowest BCUT2D eigenvalue weighted by atomic mass is 10.0. The van der Waals surface area contributed by atoms with Crippen LogP contribution in [0.3, 0.4) is 0 Å². The van der Waals surface area contributed by atoms with E-state index in [1.807, 2.05) is 5.32 Å². The normalized spacial score (nSPS) is 14.6. The Balaban J connectivity index is 1.89. The number of amides is 5. The van der Waals surface area contributed by atoms with Gasteiger partial charge in [0.15, 0.2) is 6.10 Å². The van der Waals surface area contributed by atoms with Crippen molar-refractivity contribution < 1.29 is 28.7 Å². The number of primary amides is 1. The molecule has 2 atom stereocenters. The van der Waals surface area contributed by atoms with Crippen molar-refractivity contribution in [3.8, 4) is 0 Å². The van der Waals surface area contributed by atoms with E-state index in [9.17, 15) is 24.0 Å². The zero-order chi connectivity index (χ0) is 21.8. The lowest BCUT2D eigenvalue weighted by Gasteiger charge is -2.26. The molecule has 0 radical (unpaired) electrons. The van der Waals surface area contributed by atoms with Crippen LogP contribution in [0.5, 0.6) is 0 Å². The minimum atomic E-state index is -1.36. The third-order valence-corrected chi connectivity index (χ3v) is 4.59. The minimum absolute atomic E-state index is 0.00466. The number of esters is 1. The molecule has 0 saturated carbocycles. The first-order valence-electron chi connectivity index (χ1n) is 9.11. The quantitative estimate of drug-likeness (QED) is 0.540. The predicted octanol–water partition coefficient (Wildman–Crippen LogP) is 1.02. The number of carbonyl (C=O) groups is 5. The molecule has 0 bridgehead atoms. The number of nitrogens with one attached hydrogen (secondary N) is 1. The number of carbonyl (C=O) groups excluding carboxylic acids is 5. The molecule has 9 heteroatoms. The number of fused-ring (bicyclic) bond motifs is 1. The molecule has 1 aliphatic heterocycles. The highest BCUT2D eigenvalue weighted by molar-refractivity contribution is 6.22. The first kappa shape index (κ1) is 20.7. The fourth-order valence-corrected chi connectivity index (χ4v) is 3.14. The summed E-state index contributed by atoms with van der Waals surface area (Å²) in [6, 6.07) is 12.6. The monoisotopic (exact) mass is 409 g/mol. The first-order valence-corrected chi connectivity index (χ1v) is 9.11. The number of imide groups is 2. The molecule has 0 unspecified atom stereocenters. The van der Waals surface area contributed by atoms with Gasteiger partial charge in [0, 0.05) is 6.42 Å². The Morgan fingerprint density at radius 2 is 1.50 bits per heavy atom. The number of ether oxygens (including phenoxy) is 1. The van der Waals surface area contributed by atoms with Crippen molar-refractivity contribution in [3.63, 3.8) is 0 Å². The Kier molecular flexibility index (Phi) is 5.91. The molecule has 1 heterocycles. The topological polar surface area (TPSA) is 136 Å². The molecule has 9 nitrogen and oxygen atoms in total. The lowest BCUT2D eigenvalue weighted by molar-refractivity contribution is -0.158. The SMILES string of the molecule is C[C@H](OC(=O)[C@H](Cc1ccccc1)N1C(=O)c2ccccc2C1=O)C(=O)NC(N)=O. The fraction of sp³-hybridized carbons (Fsp3) is 0.190. The Bertz CT molecular complexity index is 985. The molecular formula is C21H19N3O6. The highest BCUT2D eigenvalue weighted by Gasteiger charge is 2.44. The van der Waals surface area contributed by atoms with Crippen LogP contribution < -0.4 is 11.1 Å². The summed E-state index contributed by atoms with van der Waals surface area (Å²) >= 11 is 0. The van der Waals surface area contributed by atoms with Gasteiger partial charge in [-0.3, -0.25) is 24.6 Å². The maximum atomic E-state index is 12.9. The third kappa shape index (κ3) is 4.19. The molecule has 2 aromatic rings. The van der Waals surface area contributed by atoms with Crippen molar-refractivity contribution in [2.45, 2.75) is 25.5 Å². The lowest BCUT2D eigenvalue weighted by Crippen LogP contribution is -2.49. The number of nitrogens with two attached hydrogens (primary N) is 1. The first-order chi connectivity index (χ1) is 14.3. The minimum Gasteiger partial charge on any atom is -0.451 e. The highest BCUT2D eigenvalue weighted by Crippen LogP contribution is 2.26. The third-order valence-electron chi connectivity index (χ3n) is 4.59. The van der Waals surface area contributed by atoms with Gasteiger partial charge in [-0.05, 0) is 24.6 Å². The van der Waals surface area contributed by atoms with Crippen LogP contribution in [0.4, 0.5) is 4.79 Å². The molecule has 0 aliphatic carbocycles. The second kappa shape index (κ2) is 8.56. The standard InChI is InChI=1S/C21H19N3O6/c1-12(17(25)23-21(22)29)30-20(28)16(11-13-7-3-2-4-8-13)24-18(26)14-9-5-6-10-15(14)19(24)27/h2-10,12,16H,11H2,1H3,(H3,22,23,25,29)/t12-,16-/m0/s1. The molecule has 2 aromatic carbocycles. The molecule has 5 amide bonds. The van der Waals surface area contributed by atoms with Crippen LogP contribution >= 0.6 is 0 Å². The fourth-order valence-electron chi connectivity index (χ4n) is 3.14. The summed E-state index contributed by atoms with van der Waals surface area (Å²) in [5.74, 6) is -3.12. The summed E-state index contributed by atoms with van der Waals surface area (Å²) in [5, 5.41) is 1.81. The van der Waals surface area contributed by atoms with E-state index < -0.39 is 41.9 Å². The maximum absolute atomic E-state index is 12.9. The summed E-state index contributed by atoms with van der Waals surface area (Å²) < 4.78 is 5.15. The van der Waals surface area contributed by atoms with E-state index in [4.69, 9.17) is 10.5 Å². The van der Waals surface area contributed by atoms with Gasteiger partial charge in [-0.15, -0.1) is 0 Å². The van der Waals surface area contributed by atoms with E-state index in [1.54, 1.807) is 42.5 Å². The average Bonchev–Trinajstić information content (AvgIpc) is 2.97. The summed E-state index contributed by atoms with van der Waals surface area (Å²) in [7, 11) is 0. The van der Waals surface area contributed by atoms with Crippen LogP contribution in [0.2, 0.25) is 0 Å². The van der Waals surface area contributed by atoms with Gasteiger partial charge in [-0.2, -0.15) is 0 Å². The number of nitrogens with zero attached hydrogens (tertiary/aromatic N) is 1. The van der Waals surface area contributed by atoms with Crippen molar-refractivity contribution in [1.29, 1.82) is 0 Å². The number of hydrogen-bond acceptors (Lipinski definition) is 6. The predicted molar refractivity (Wildman–Crippen MR) is 104 cm³/mol. The summed E-state index contributed by atoms with van der Waals surface area (Å²) in [4.78, 5) is 62.2. The summed E-state index contributed by atoms with van der Waals surface area (Å²) in [5.41, 5.74) is 5.96. The van der Waals surface area contributed by atoms with E-state index in [0.29, 0.717) is 5.56 Å². The molecule has 30 heavy (non-hydrogen) atoms. The van der Waals surface area contributed by atoms with Crippen LogP contribution in [-0.2, 0) is 20.7 Å². The molecule has 3 N–H and O–H groups in total. The Morgan fingerprint density at radius 3 is 2.03 bits per heavy atom. The zero-order valence-corrected chi connectivity index (χ0v) is 16.0. The van der Waals surface area contributed by atoms with Gasteiger partial charge in [0.25, 0.3) is 17.7 Å². The van der Waals surface area contributed by atoms with E-state index in [1.165, 1.54) is 19.1 Å². The Hall–Kier alpha value is -4.01. The Labute approximate surface area is 171 Å². The molecule has 0 aromatic heterocycles. The van der Waals surface area contributed by atoms with Gasteiger partial charge in [0.1, 0.15) is 6.04 Å². The van der Waals surface area contributed by atoms with Crippen LogP contribution in [-0.4, -0.2) is 46.8 Å². The van der Waals surface area contributed by atoms with Gasteiger partial charge >= 0.3 is 12.0 Å². The average molecular weight is 409 g/mol. The van der Waals surface area contributed by atoms with E-state index >= 15 is 0 Å². The number of urea groups is 1. The molecule has 3 rings (SSSR count). The molecule has 0 fully saturated rings. The van der Waals surface area contributed by atoms with E-state index in [-0.39, 0.29) is 17.5 Å². The molecule has 0 saturated heterocycles. The van der Waals surface area contributed by atoms with Crippen LogP contribution in [0, 0.1) is 0 Å². The molecular weight excluding hydrogens is 390 g/mol. The van der Waals surface area contributed by atoms with Gasteiger partial charge in [-0.25, -0.2) is 9.59 Å². The highest BCUT2D eigenvalue weighted by atomic mass is 16.5. The number of benzene rings is 2. The van der Waals surface area contributed by atoms with Crippen LogP contribution in [0.15, 0.2) is 54.6 Å². The van der Waals surface area contributed by atoms with Crippen LogP contribution in [0.25, 0.3) is 0 Å². The van der Waals surface area contributed by atoms with Crippen molar-refractivity contribution in [2.24, 2.45) is 5.73 Å². The molecule has 1 aliphatic rings. The van der Waals surface area contributed by atoms with Gasteiger partial charge in [-0.1, -0.05) is 42.5 Å². The zero-order valence-electron chi connectivity index (χ0n) is 16.0. The Morgan fingerprint density at radius 1 is 0.967 bits per heavy atom. The van der Waals surface area contributed by atoms with Gasteiger partial charge in [0.05, 0.1) is 11.1 Å². The second-order valence-corrected chi connectivity index (χ2v) is 6.66. The number of hydrogen-bond donors (Lipinski definition) is 2. The van der Waals surface area contributed by atoms with Crippen molar-refractivity contribution >= 4 is 29.7 Å². The molecule has 0 spiro atoms. The van der Waals surface area contributed by atoms with Crippen molar-refractivity contribution in [1.82, 2.24) is 10.2 Å². The summed E-state index contributed by atoms with van der Waals surface area (Å²) in [6.45, 7) is 1.25. The van der Waals surface area contributed by atoms with Crippen molar-refractivity contribution in [3.05, 3.63) is 71.3 Å². The van der Waals surface area contributed by atoms with E-state index in [2.05, 4.69) is 0 Å². The van der Waals surface area contributed by atoms with Gasteiger partial charge < -0.3 is 10.5 Å². The van der Waals surface area contributed by atoms with E-state index in [0.717, 1.165) is 4.90 Å². The van der Waals surface area contributed by atoms with Crippen LogP contribution in [0.1, 0.15) is 33.2 Å². The van der Waals surface area contributed by atoms with Crippen molar-refractivity contribution in [2.75, 3.05) is 0 Å². The smallest absolute Gasteiger partial charge is 0.330 e. The molecule has 154 valence electrons. The second-order valence-electron chi connectivity index (χ2n) is 6.66. The largest absolute Gasteiger partial charge is 0.451 e.